The quantitative estimate of drug-likeness (QED) is 0.451. The van der Waals surface area contributed by atoms with Gasteiger partial charge < -0.3 is 20.3 Å². The van der Waals surface area contributed by atoms with Crippen LogP contribution in [0.15, 0.2) is 66.7 Å². The number of benzene rings is 3. The van der Waals surface area contributed by atoms with E-state index < -0.39 is 14.1 Å². The first-order valence-electron chi connectivity index (χ1n) is 12.3. The second kappa shape index (κ2) is 10.6. The first-order chi connectivity index (χ1) is 17.6. The van der Waals surface area contributed by atoms with Crippen LogP contribution in [-0.2, 0) is 16.0 Å². The Morgan fingerprint density at radius 2 is 1.65 bits per heavy atom. The van der Waals surface area contributed by atoms with Gasteiger partial charge >= 0.3 is 0 Å². The maximum absolute atomic E-state index is 13.6. The van der Waals surface area contributed by atoms with Crippen LogP contribution < -0.4 is 20.6 Å². The first kappa shape index (κ1) is 26.2. The van der Waals surface area contributed by atoms with Crippen molar-refractivity contribution in [2.75, 3.05) is 24.8 Å². The molecule has 8 heteroatoms. The Morgan fingerprint density at radius 3 is 2.27 bits per heavy atom. The molecule has 1 aliphatic heterocycles. The van der Waals surface area contributed by atoms with Crippen LogP contribution in [0.2, 0.25) is 19.6 Å². The van der Waals surface area contributed by atoms with Crippen molar-refractivity contribution >= 4 is 42.4 Å². The second-order valence-electron chi connectivity index (χ2n) is 10.3. The van der Waals surface area contributed by atoms with Gasteiger partial charge in [-0.2, -0.15) is 0 Å². The molecule has 37 heavy (non-hydrogen) atoms. The summed E-state index contributed by atoms with van der Waals surface area (Å²) in [5.74, 6) is 0.0325. The molecule has 1 aliphatic rings. The number of fused-ring (bicyclic) bond motifs is 1. The summed E-state index contributed by atoms with van der Waals surface area (Å²) in [6.07, 6.45) is 0.954. The van der Waals surface area contributed by atoms with Crippen molar-refractivity contribution in [3.8, 4) is 5.75 Å². The zero-order chi connectivity index (χ0) is 26.7. The van der Waals surface area contributed by atoms with Gasteiger partial charge in [0.05, 0.1) is 15.2 Å². The van der Waals surface area contributed by atoms with Gasteiger partial charge in [0.25, 0.3) is 11.8 Å². The number of aryl methyl sites for hydroxylation is 1. The van der Waals surface area contributed by atoms with Gasteiger partial charge in [-0.15, -0.1) is 0 Å². The number of likely N-dealkylation sites (N-methyl/N-ethyl adjacent to an activating group) is 1. The molecular weight excluding hydrogens is 482 g/mol. The average Bonchev–Trinajstić information content (AvgIpc) is 2.88. The maximum Gasteiger partial charge on any atom is 0.254 e. The van der Waals surface area contributed by atoms with E-state index in [2.05, 4.69) is 42.4 Å². The number of ether oxygens (including phenoxy) is 1. The number of nitrogens with one attached hydrogen (secondary N) is 2. The fourth-order valence-corrected chi connectivity index (χ4v) is 5.61. The van der Waals surface area contributed by atoms with Crippen LogP contribution in [-0.4, -0.2) is 44.9 Å². The summed E-state index contributed by atoms with van der Waals surface area (Å²) in [4.78, 5) is 40.4. The van der Waals surface area contributed by atoms with Gasteiger partial charge in [-0.05, 0) is 60.0 Å². The molecule has 0 aliphatic carbocycles. The maximum atomic E-state index is 13.6. The summed E-state index contributed by atoms with van der Waals surface area (Å²) in [7, 11) is 1.75. The minimum absolute atomic E-state index is 0.0298. The lowest BCUT2D eigenvalue weighted by Gasteiger charge is -2.28. The van der Waals surface area contributed by atoms with Gasteiger partial charge in [-0.25, -0.2) is 0 Å². The minimum Gasteiger partial charge on any atom is -0.497 e. The van der Waals surface area contributed by atoms with E-state index >= 15 is 0 Å². The number of amides is 3. The van der Waals surface area contributed by atoms with E-state index in [0.717, 1.165) is 11.3 Å². The lowest BCUT2D eigenvalue weighted by Crippen LogP contribution is -2.39. The van der Waals surface area contributed by atoms with E-state index in [4.69, 9.17) is 4.74 Å². The Labute approximate surface area is 218 Å². The monoisotopic (exact) mass is 515 g/mol. The Balaban J connectivity index is 1.62. The molecule has 0 saturated heterocycles. The van der Waals surface area contributed by atoms with Gasteiger partial charge in [-0.1, -0.05) is 49.1 Å². The SMILES string of the molecule is COc1ccc(C(C(=O)Nc2ccc([Si](C)(C)C)cc2)N(C)C(=O)c2ccc3c(c2)CCC(=O)N3)cc1. The lowest BCUT2D eigenvalue weighted by atomic mass is 9.99. The molecule has 1 unspecified atom stereocenters. The van der Waals surface area contributed by atoms with E-state index in [9.17, 15) is 14.4 Å². The number of rotatable bonds is 7. The zero-order valence-corrected chi connectivity index (χ0v) is 22.9. The molecule has 3 aromatic rings. The normalized spacial score (nSPS) is 13.7. The van der Waals surface area contributed by atoms with Crippen molar-refractivity contribution in [1.82, 2.24) is 4.90 Å². The van der Waals surface area contributed by atoms with Crippen LogP contribution in [0.5, 0.6) is 5.75 Å². The molecule has 2 N–H and O–H groups in total. The molecular formula is C29H33N3O4Si. The zero-order valence-electron chi connectivity index (χ0n) is 21.9. The van der Waals surface area contributed by atoms with Crippen molar-refractivity contribution in [3.63, 3.8) is 0 Å². The van der Waals surface area contributed by atoms with Gasteiger partial charge in [0.15, 0.2) is 0 Å². The van der Waals surface area contributed by atoms with Gasteiger partial charge in [0.2, 0.25) is 5.91 Å². The van der Waals surface area contributed by atoms with Crippen LogP contribution in [0.4, 0.5) is 11.4 Å². The highest BCUT2D eigenvalue weighted by atomic mass is 28.3. The molecule has 4 rings (SSSR count). The van der Waals surface area contributed by atoms with Gasteiger partial charge in [-0.3, -0.25) is 14.4 Å². The molecule has 192 valence electrons. The summed E-state index contributed by atoms with van der Waals surface area (Å²) in [6.45, 7) is 6.82. The lowest BCUT2D eigenvalue weighted by molar-refractivity contribution is -0.120. The predicted molar refractivity (Wildman–Crippen MR) is 149 cm³/mol. The molecule has 0 aromatic heterocycles. The first-order valence-corrected chi connectivity index (χ1v) is 15.8. The third-order valence-electron chi connectivity index (χ3n) is 6.65. The molecule has 7 nitrogen and oxygen atoms in total. The topological polar surface area (TPSA) is 87.7 Å². The molecule has 3 aromatic carbocycles. The molecule has 0 bridgehead atoms. The average molecular weight is 516 g/mol. The summed E-state index contributed by atoms with van der Waals surface area (Å²) in [5.41, 5.74) is 3.44. The fraction of sp³-hybridized carbons (Fsp3) is 0.276. The summed E-state index contributed by atoms with van der Waals surface area (Å²) in [6, 6.07) is 19.4. The van der Waals surface area contributed by atoms with E-state index in [0.29, 0.717) is 35.4 Å². The van der Waals surface area contributed by atoms with E-state index in [1.165, 1.54) is 10.1 Å². The van der Waals surface area contributed by atoms with Crippen molar-refractivity contribution in [1.29, 1.82) is 0 Å². The summed E-state index contributed by atoms with van der Waals surface area (Å²) in [5, 5.41) is 7.13. The third kappa shape index (κ3) is 5.91. The minimum atomic E-state index is -1.47. The molecule has 1 heterocycles. The van der Waals surface area contributed by atoms with E-state index in [1.807, 2.05) is 12.1 Å². The smallest absolute Gasteiger partial charge is 0.254 e. The number of hydrogen-bond acceptors (Lipinski definition) is 4. The van der Waals surface area contributed by atoms with Crippen LogP contribution in [0, 0.1) is 0 Å². The molecule has 0 fully saturated rings. The Bertz CT molecular complexity index is 1310. The number of methoxy groups -OCH3 is 1. The highest BCUT2D eigenvalue weighted by molar-refractivity contribution is 6.88. The second-order valence-corrected chi connectivity index (χ2v) is 15.4. The molecule has 0 radical (unpaired) electrons. The molecule has 0 spiro atoms. The Morgan fingerprint density at radius 1 is 0.973 bits per heavy atom. The van der Waals surface area contributed by atoms with Crippen molar-refractivity contribution in [2.45, 2.75) is 38.5 Å². The van der Waals surface area contributed by atoms with Gasteiger partial charge in [0, 0.05) is 30.4 Å². The van der Waals surface area contributed by atoms with E-state index in [1.54, 1.807) is 56.6 Å². The van der Waals surface area contributed by atoms with Crippen LogP contribution in [0.3, 0.4) is 0 Å². The fourth-order valence-electron chi connectivity index (χ4n) is 4.44. The van der Waals surface area contributed by atoms with Crippen molar-refractivity contribution in [2.24, 2.45) is 0 Å². The Hall–Kier alpha value is -3.91. The standard InChI is InChI=1S/C29H33N3O4Si/c1-32(29(35)21-8-16-25-20(18-21)9-17-26(33)31-25)27(19-6-12-23(36-2)13-7-19)28(34)30-22-10-14-24(15-11-22)37(3,4)5/h6-8,10-16,18,27H,9,17H2,1-5H3,(H,30,34)(H,31,33). The largest absolute Gasteiger partial charge is 0.497 e. The highest BCUT2D eigenvalue weighted by Crippen LogP contribution is 2.28. The molecule has 1 atom stereocenters. The third-order valence-corrected chi connectivity index (χ3v) is 8.72. The van der Waals surface area contributed by atoms with Crippen LogP contribution in [0.1, 0.15) is 33.9 Å². The van der Waals surface area contributed by atoms with Gasteiger partial charge in [0.1, 0.15) is 11.8 Å². The molecule has 3 amide bonds. The number of hydrogen-bond donors (Lipinski definition) is 2. The van der Waals surface area contributed by atoms with Crippen molar-refractivity contribution < 1.29 is 19.1 Å². The number of nitrogens with zero attached hydrogens (tertiary/aromatic N) is 1. The van der Waals surface area contributed by atoms with Crippen LogP contribution >= 0.6 is 0 Å². The number of anilines is 2. The number of carbonyl (C=O) groups is 3. The van der Waals surface area contributed by atoms with Crippen LogP contribution in [0.25, 0.3) is 0 Å². The number of carbonyl (C=O) groups excluding carboxylic acids is 3. The molecule has 0 saturated carbocycles. The predicted octanol–water partition coefficient (Wildman–Crippen LogP) is 4.58. The summed E-state index contributed by atoms with van der Waals surface area (Å²) < 4.78 is 5.27. The Kier molecular flexibility index (Phi) is 7.49. The van der Waals surface area contributed by atoms with E-state index in [-0.39, 0.29) is 17.7 Å². The highest BCUT2D eigenvalue weighted by Gasteiger charge is 2.30. The summed E-state index contributed by atoms with van der Waals surface area (Å²) >= 11 is 0. The van der Waals surface area contributed by atoms with Crippen molar-refractivity contribution in [3.05, 3.63) is 83.4 Å².